The van der Waals surface area contributed by atoms with Gasteiger partial charge in [-0.05, 0) is 23.8 Å². The van der Waals surface area contributed by atoms with Crippen LogP contribution in [0.4, 0.5) is 0 Å². The standard InChI is InChI=1S/C13H13Cl2NO2/c1-16-3-2-10(17)7-9(16)4-8-5-11(14)13(18)12(15)6-8/h4-6,18H,2-3,7H2,1H3/b9-4+. The van der Waals surface area contributed by atoms with Crippen molar-refractivity contribution in [3.8, 4) is 5.75 Å². The molecule has 5 heteroatoms. The number of allylic oxidation sites excluding steroid dienone is 1. The van der Waals surface area contributed by atoms with Gasteiger partial charge in [-0.3, -0.25) is 4.79 Å². The first-order valence-corrected chi connectivity index (χ1v) is 6.34. The number of ketones is 1. The second-order valence-corrected chi connectivity index (χ2v) is 5.17. The van der Waals surface area contributed by atoms with Crippen molar-refractivity contribution in [1.82, 2.24) is 4.90 Å². The highest BCUT2D eigenvalue weighted by atomic mass is 35.5. The average Bonchev–Trinajstić information content (AvgIpc) is 2.31. The highest BCUT2D eigenvalue weighted by Crippen LogP contribution is 2.33. The molecule has 0 amide bonds. The van der Waals surface area contributed by atoms with Crippen LogP contribution in [-0.2, 0) is 4.79 Å². The van der Waals surface area contributed by atoms with E-state index in [9.17, 15) is 9.90 Å². The van der Waals surface area contributed by atoms with Gasteiger partial charge in [0.25, 0.3) is 0 Å². The van der Waals surface area contributed by atoms with E-state index in [0.717, 1.165) is 17.8 Å². The molecule has 18 heavy (non-hydrogen) atoms. The summed E-state index contributed by atoms with van der Waals surface area (Å²) in [5, 5.41) is 9.90. The Balaban J connectivity index is 2.34. The van der Waals surface area contributed by atoms with E-state index < -0.39 is 0 Å². The van der Waals surface area contributed by atoms with Crippen LogP contribution in [0.1, 0.15) is 18.4 Å². The van der Waals surface area contributed by atoms with Crippen LogP contribution in [0.3, 0.4) is 0 Å². The van der Waals surface area contributed by atoms with E-state index in [1.807, 2.05) is 18.0 Å². The summed E-state index contributed by atoms with van der Waals surface area (Å²) in [4.78, 5) is 13.5. The smallest absolute Gasteiger partial charge is 0.152 e. The maximum atomic E-state index is 11.4. The van der Waals surface area contributed by atoms with Crippen molar-refractivity contribution in [2.24, 2.45) is 0 Å². The molecule has 0 aliphatic carbocycles. The Morgan fingerprint density at radius 2 is 1.94 bits per heavy atom. The molecule has 1 heterocycles. The lowest BCUT2D eigenvalue weighted by Gasteiger charge is -2.26. The number of phenolic OH excluding ortho intramolecular Hbond substituents is 1. The Morgan fingerprint density at radius 1 is 1.33 bits per heavy atom. The fourth-order valence-corrected chi connectivity index (χ4v) is 2.39. The monoisotopic (exact) mass is 285 g/mol. The Morgan fingerprint density at radius 3 is 2.56 bits per heavy atom. The summed E-state index contributed by atoms with van der Waals surface area (Å²) in [5.74, 6) is 0.115. The predicted molar refractivity (Wildman–Crippen MR) is 73.0 cm³/mol. The summed E-state index contributed by atoms with van der Waals surface area (Å²) in [6.45, 7) is 0.726. The van der Waals surface area contributed by atoms with Crippen LogP contribution < -0.4 is 0 Å². The molecule has 1 saturated heterocycles. The van der Waals surface area contributed by atoms with E-state index in [-0.39, 0.29) is 21.6 Å². The zero-order valence-electron chi connectivity index (χ0n) is 9.91. The third-order valence-corrected chi connectivity index (χ3v) is 3.54. The van der Waals surface area contributed by atoms with Gasteiger partial charge in [-0.2, -0.15) is 0 Å². The predicted octanol–water partition coefficient (Wildman–Crippen LogP) is 3.33. The number of aromatic hydroxyl groups is 1. The van der Waals surface area contributed by atoms with Crippen LogP contribution in [0.2, 0.25) is 10.0 Å². The minimum atomic E-state index is -0.117. The Hall–Kier alpha value is -1.19. The van der Waals surface area contributed by atoms with Crippen LogP contribution in [-0.4, -0.2) is 29.4 Å². The van der Waals surface area contributed by atoms with Gasteiger partial charge in [0.1, 0.15) is 5.78 Å². The third kappa shape index (κ3) is 2.79. The van der Waals surface area contributed by atoms with Crippen molar-refractivity contribution in [3.63, 3.8) is 0 Å². The molecule has 0 spiro atoms. The van der Waals surface area contributed by atoms with E-state index in [1.165, 1.54) is 0 Å². The largest absolute Gasteiger partial charge is 0.505 e. The molecular formula is C13H13Cl2NO2. The number of Topliss-reactive ketones (excluding diaryl/α,β-unsaturated/α-hetero) is 1. The number of halogens is 2. The van der Waals surface area contributed by atoms with Crippen molar-refractivity contribution in [3.05, 3.63) is 33.4 Å². The summed E-state index contributed by atoms with van der Waals surface area (Å²) < 4.78 is 0. The molecule has 3 nitrogen and oxygen atoms in total. The first-order valence-electron chi connectivity index (χ1n) is 5.59. The number of nitrogens with zero attached hydrogens (tertiary/aromatic N) is 1. The van der Waals surface area contributed by atoms with E-state index in [4.69, 9.17) is 23.2 Å². The Kier molecular flexibility index (Phi) is 3.83. The van der Waals surface area contributed by atoms with Crippen LogP contribution in [0, 0.1) is 0 Å². The van der Waals surface area contributed by atoms with Gasteiger partial charge in [0.2, 0.25) is 0 Å². The summed E-state index contributed by atoms with van der Waals surface area (Å²) in [6, 6.07) is 3.26. The van der Waals surface area contributed by atoms with Crippen molar-refractivity contribution < 1.29 is 9.90 Å². The van der Waals surface area contributed by atoms with E-state index in [1.54, 1.807) is 12.1 Å². The summed E-state index contributed by atoms with van der Waals surface area (Å²) in [7, 11) is 1.95. The van der Waals surface area contributed by atoms with Gasteiger partial charge in [0, 0.05) is 32.1 Å². The fraction of sp³-hybridized carbons (Fsp3) is 0.308. The van der Waals surface area contributed by atoms with Gasteiger partial charge >= 0.3 is 0 Å². The minimum absolute atomic E-state index is 0.117. The number of benzene rings is 1. The van der Waals surface area contributed by atoms with E-state index in [0.29, 0.717) is 12.8 Å². The molecule has 1 N–H and O–H groups in total. The Bertz CT molecular complexity index is 503. The summed E-state index contributed by atoms with van der Waals surface area (Å²) in [6.07, 6.45) is 2.88. The molecule has 0 radical (unpaired) electrons. The summed E-state index contributed by atoms with van der Waals surface area (Å²) in [5.41, 5.74) is 1.71. The lowest BCUT2D eigenvalue weighted by Crippen LogP contribution is -2.28. The highest BCUT2D eigenvalue weighted by molar-refractivity contribution is 6.37. The van der Waals surface area contributed by atoms with Crippen molar-refractivity contribution in [2.75, 3.05) is 13.6 Å². The number of piperidine rings is 1. The quantitative estimate of drug-likeness (QED) is 0.860. The second kappa shape index (κ2) is 5.21. The maximum absolute atomic E-state index is 11.4. The first kappa shape index (κ1) is 13.2. The lowest BCUT2D eigenvalue weighted by atomic mass is 10.0. The first-order chi connectivity index (χ1) is 8.47. The molecular weight excluding hydrogens is 273 g/mol. The molecule has 1 aliphatic heterocycles. The minimum Gasteiger partial charge on any atom is -0.505 e. The molecule has 1 aromatic rings. The number of rotatable bonds is 1. The Labute approximate surface area is 116 Å². The van der Waals surface area contributed by atoms with Gasteiger partial charge in [-0.1, -0.05) is 23.2 Å². The van der Waals surface area contributed by atoms with Gasteiger partial charge < -0.3 is 10.0 Å². The van der Waals surface area contributed by atoms with Crippen LogP contribution in [0.5, 0.6) is 5.75 Å². The molecule has 1 fully saturated rings. The number of carbonyl (C=O) groups is 1. The average molecular weight is 286 g/mol. The zero-order chi connectivity index (χ0) is 13.3. The molecule has 2 rings (SSSR count). The topological polar surface area (TPSA) is 40.5 Å². The van der Waals surface area contributed by atoms with Gasteiger partial charge in [-0.15, -0.1) is 0 Å². The number of carbonyl (C=O) groups excluding carboxylic acids is 1. The molecule has 96 valence electrons. The van der Waals surface area contributed by atoms with Crippen molar-refractivity contribution in [1.29, 1.82) is 0 Å². The zero-order valence-corrected chi connectivity index (χ0v) is 11.4. The van der Waals surface area contributed by atoms with E-state index >= 15 is 0 Å². The summed E-state index contributed by atoms with van der Waals surface area (Å²) >= 11 is 11.7. The number of phenols is 1. The van der Waals surface area contributed by atoms with Crippen molar-refractivity contribution >= 4 is 35.1 Å². The van der Waals surface area contributed by atoms with Crippen LogP contribution in [0.25, 0.3) is 6.08 Å². The lowest BCUT2D eigenvalue weighted by molar-refractivity contribution is -0.120. The van der Waals surface area contributed by atoms with E-state index in [2.05, 4.69) is 0 Å². The van der Waals surface area contributed by atoms with Gasteiger partial charge in [0.05, 0.1) is 10.0 Å². The molecule has 0 aromatic heterocycles. The molecule has 1 aliphatic rings. The van der Waals surface area contributed by atoms with Gasteiger partial charge in [-0.25, -0.2) is 0 Å². The molecule has 0 unspecified atom stereocenters. The third-order valence-electron chi connectivity index (χ3n) is 2.97. The fourth-order valence-electron chi connectivity index (χ4n) is 1.88. The molecule has 0 bridgehead atoms. The number of likely N-dealkylation sites (tertiary alicyclic amines) is 1. The second-order valence-electron chi connectivity index (χ2n) is 4.36. The highest BCUT2D eigenvalue weighted by Gasteiger charge is 2.17. The number of hydrogen-bond donors (Lipinski definition) is 1. The van der Waals surface area contributed by atoms with Crippen LogP contribution in [0.15, 0.2) is 17.8 Å². The molecule has 0 atom stereocenters. The van der Waals surface area contributed by atoms with Crippen molar-refractivity contribution in [2.45, 2.75) is 12.8 Å². The van der Waals surface area contributed by atoms with Crippen LogP contribution >= 0.6 is 23.2 Å². The molecule has 1 aromatic carbocycles. The van der Waals surface area contributed by atoms with Gasteiger partial charge in [0.15, 0.2) is 5.75 Å². The number of hydrogen-bond acceptors (Lipinski definition) is 3. The SMILES string of the molecule is CN1CCC(=O)C/C1=C\c1cc(Cl)c(O)c(Cl)c1. The molecule has 0 saturated carbocycles. The normalized spacial score (nSPS) is 18.5. The maximum Gasteiger partial charge on any atom is 0.152 e.